The Kier molecular flexibility index (Phi) is 6.88. The summed E-state index contributed by atoms with van der Waals surface area (Å²) in [6.07, 6.45) is 4.06. The molecule has 2 aromatic rings. The lowest BCUT2D eigenvalue weighted by Crippen LogP contribution is -2.23. The minimum Gasteiger partial charge on any atom is -0.493 e. The highest BCUT2D eigenvalue weighted by atomic mass is 79.9. The van der Waals surface area contributed by atoms with Crippen LogP contribution in [0, 0.1) is 0 Å². The smallest absolute Gasteiger partial charge is 0.244 e. The summed E-state index contributed by atoms with van der Waals surface area (Å²) in [7, 11) is 3.17. The first-order valence-electron chi connectivity index (χ1n) is 7.55. The highest BCUT2D eigenvalue weighted by molar-refractivity contribution is 9.10. The van der Waals surface area contributed by atoms with Crippen LogP contribution in [0.4, 0.5) is 0 Å². The van der Waals surface area contributed by atoms with Crippen LogP contribution >= 0.6 is 15.9 Å². The lowest BCUT2D eigenvalue weighted by atomic mass is 10.1. The van der Waals surface area contributed by atoms with Crippen molar-refractivity contribution in [1.29, 1.82) is 0 Å². The minimum atomic E-state index is -0.123. The van der Waals surface area contributed by atoms with Crippen LogP contribution in [0.3, 0.4) is 0 Å². The molecule has 0 saturated carbocycles. The van der Waals surface area contributed by atoms with Gasteiger partial charge in [-0.15, -0.1) is 0 Å². The van der Waals surface area contributed by atoms with Gasteiger partial charge in [-0.05, 0) is 47.9 Å². The maximum Gasteiger partial charge on any atom is 0.244 e. The summed E-state index contributed by atoms with van der Waals surface area (Å²) < 4.78 is 11.5. The highest BCUT2D eigenvalue weighted by Gasteiger charge is 2.03. The average Bonchev–Trinajstić information content (AvgIpc) is 2.61. The van der Waals surface area contributed by atoms with E-state index >= 15 is 0 Å². The number of rotatable bonds is 7. The molecule has 0 fully saturated rings. The van der Waals surface area contributed by atoms with Gasteiger partial charge in [0.25, 0.3) is 0 Å². The van der Waals surface area contributed by atoms with Crippen LogP contribution in [0.5, 0.6) is 11.5 Å². The van der Waals surface area contributed by atoms with E-state index in [1.165, 1.54) is 11.6 Å². The molecule has 0 unspecified atom stereocenters. The second-order valence-corrected chi connectivity index (χ2v) is 6.03. The second-order valence-electron chi connectivity index (χ2n) is 5.12. The van der Waals surface area contributed by atoms with Gasteiger partial charge in [-0.3, -0.25) is 4.79 Å². The van der Waals surface area contributed by atoms with E-state index in [-0.39, 0.29) is 5.91 Å². The van der Waals surface area contributed by atoms with Gasteiger partial charge in [0.1, 0.15) is 0 Å². The number of amides is 1. The summed E-state index contributed by atoms with van der Waals surface area (Å²) in [5.41, 5.74) is 2.05. The van der Waals surface area contributed by atoms with Gasteiger partial charge < -0.3 is 14.8 Å². The normalized spacial score (nSPS) is 10.6. The van der Waals surface area contributed by atoms with Crippen LogP contribution in [-0.2, 0) is 11.2 Å². The second kappa shape index (κ2) is 9.13. The Morgan fingerprint density at radius 3 is 2.46 bits per heavy atom. The molecule has 0 spiro atoms. The Morgan fingerprint density at radius 2 is 1.79 bits per heavy atom. The molecule has 1 N–H and O–H groups in total. The lowest BCUT2D eigenvalue weighted by Gasteiger charge is -2.07. The van der Waals surface area contributed by atoms with Gasteiger partial charge in [0.2, 0.25) is 5.91 Å². The molecule has 0 aliphatic carbocycles. The van der Waals surface area contributed by atoms with E-state index in [1.54, 1.807) is 20.3 Å². The zero-order valence-electron chi connectivity index (χ0n) is 13.7. The van der Waals surface area contributed by atoms with E-state index in [0.29, 0.717) is 18.0 Å². The van der Waals surface area contributed by atoms with Gasteiger partial charge in [-0.2, -0.15) is 0 Å². The molecule has 1 amide bonds. The van der Waals surface area contributed by atoms with Gasteiger partial charge in [-0.1, -0.05) is 34.1 Å². The van der Waals surface area contributed by atoms with E-state index in [4.69, 9.17) is 9.47 Å². The van der Waals surface area contributed by atoms with Crippen LogP contribution in [0.15, 0.2) is 53.0 Å². The fraction of sp³-hybridized carbons (Fsp3) is 0.211. The summed E-state index contributed by atoms with van der Waals surface area (Å²) in [5, 5.41) is 2.87. The SMILES string of the molecule is COc1ccc(/C=C/C(=O)NCCc2ccc(Br)cc2)cc1OC. The number of carbonyl (C=O) groups is 1. The van der Waals surface area contributed by atoms with Crippen molar-refractivity contribution in [3.05, 3.63) is 64.1 Å². The van der Waals surface area contributed by atoms with E-state index in [9.17, 15) is 4.79 Å². The van der Waals surface area contributed by atoms with Gasteiger partial charge in [0, 0.05) is 17.1 Å². The summed E-state index contributed by atoms with van der Waals surface area (Å²) in [5.74, 6) is 1.17. The first-order valence-corrected chi connectivity index (χ1v) is 8.34. The molecule has 5 heteroatoms. The summed E-state index contributed by atoms with van der Waals surface area (Å²) in [6, 6.07) is 13.6. The van der Waals surface area contributed by atoms with Gasteiger partial charge in [0.15, 0.2) is 11.5 Å². The highest BCUT2D eigenvalue weighted by Crippen LogP contribution is 2.27. The van der Waals surface area contributed by atoms with Crippen molar-refractivity contribution in [2.24, 2.45) is 0 Å². The zero-order valence-corrected chi connectivity index (χ0v) is 15.3. The summed E-state index contributed by atoms with van der Waals surface area (Å²) in [6.45, 7) is 0.594. The van der Waals surface area contributed by atoms with Gasteiger partial charge in [0.05, 0.1) is 14.2 Å². The third-order valence-corrected chi connectivity index (χ3v) is 3.99. The number of hydrogen-bond donors (Lipinski definition) is 1. The molecule has 0 atom stereocenters. The predicted molar refractivity (Wildman–Crippen MR) is 99.4 cm³/mol. The number of benzene rings is 2. The fourth-order valence-corrected chi connectivity index (χ4v) is 2.43. The van der Waals surface area contributed by atoms with E-state index in [0.717, 1.165) is 16.5 Å². The molecule has 126 valence electrons. The first kappa shape index (κ1) is 18.1. The number of halogens is 1. The predicted octanol–water partition coefficient (Wildman–Crippen LogP) is 3.84. The molecular formula is C19H20BrNO3. The molecule has 0 saturated heterocycles. The van der Waals surface area contributed by atoms with Crippen molar-refractivity contribution in [3.8, 4) is 11.5 Å². The zero-order chi connectivity index (χ0) is 17.4. The average molecular weight is 390 g/mol. The van der Waals surface area contributed by atoms with Crippen molar-refractivity contribution in [2.75, 3.05) is 20.8 Å². The van der Waals surface area contributed by atoms with Gasteiger partial charge in [-0.25, -0.2) is 0 Å². The number of nitrogens with one attached hydrogen (secondary N) is 1. The summed E-state index contributed by atoms with van der Waals surface area (Å²) >= 11 is 3.40. The molecule has 0 aliphatic rings. The summed E-state index contributed by atoms with van der Waals surface area (Å²) in [4.78, 5) is 11.9. The number of ether oxygens (including phenoxy) is 2. The van der Waals surface area contributed by atoms with E-state index < -0.39 is 0 Å². The maximum atomic E-state index is 11.9. The Morgan fingerprint density at radius 1 is 1.08 bits per heavy atom. The molecule has 0 bridgehead atoms. The van der Waals surface area contributed by atoms with E-state index in [1.807, 2.05) is 42.5 Å². The molecule has 2 rings (SSSR count). The largest absolute Gasteiger partial charge is 0.493 e. The third kappa shape index (κ3) is 5.42. The van der Waals surface area contributed by atoms with Gasteiger partial charge >= 0.3 is 0 Å². The molecule has 4 nitrogen and oxygen atoms in total. The number of hydrogen-bond acceptors (Lipinski definition) is 3. The molecule has 0 heterocycles. The van der Waals surface area contributed by atoms with E-state index in [2.05, 4.69) is 21.2 Å². The fourth-order valence-electron chi connectivity index (χ4n) is 2.17. The minimum absolute atomic E-state index is 0.123. The van der Waals surface area contributed by atoms with Crippen LogP contribution in [0.1, 0.15) is 11.1 Å². The quantitative estimate of drug-likeness (QED) is 0.731. The van der Waals surface area contributed by atoms with Crippen molar-refractivity contribution >= 4 is 27.9 Å². The Bertz CT molecular complexity index is 711. The number of carbonyl (C=O) groups excluding carboxylic acids is 1. The van der Waals surface area contributed by atoms with Crippen LogP contribution < -0.4 is 14.8 Å². The monoisotopic (exact) mass is 389 g/mol. The molecule has 0 aliphatic heterocycles. The third-order valence-electron chi connectivity index (χ3n) is 3.46. The molecule has 2 aromatic carbocycles. The lowest BCUT2D eigenvalue weighted by molar-refractivity contribution is -0.116. The van der Waals surface area contributed by atoms with Crippen LogP contribution in [0.2, 0.25) is 0 Å². The number of methoxy groups -OCH3 is 2. The molecular weight excluding hydrogens is 370 g/mol. The van der Waals surface area contributed by atoms with Crippen molar-refractivity contribution in [2.45, 2.75) is 6.42 Å². The Balaban J connectivity index is 1.85. The maximum absolute atomic E-state index is 11.9. The standard InChI is InChI=1S/C19H20BrNO3/c1-23-17-9-5-15(13-18(17)24-2)6-10-19(22)21-12-11-14-3-7-16(20)8-4-14/h3-10,13H,11-12H2,1-2H3,(H,21,22)/b10-6+. The van der Waals surface area contributed by atoms with Crippen molar-refractivity contribution in [1.82, 2.24) is 5.32 Å². The first-order chi connectivity index (χ1) is 11.6. The molecule has 0 aromatic heterocycles. The molecule has 24 heavy (non-hydrogen) atoms. The Hall–Kier alpha value is -2.27. The topological polar surface area (TPSA) is 47.6 Å². The van der Waals surface area contributed by atoms with Crippen LogP contribution in [0.25, 0.3) is 6.08 Å². The molecule has 0 radical (unpaired) electrons. The van der Waals surface area contributed by atoms with Crippen molar-refractivity contribution in [3.63, 3.8) is 0 Å². The Labute approximate surface area is 150 Å². The van der Waals surface area contributed by atoms with Crippen LogP contribution in [-0.4, -0.2) is 26.7 Å². The van der Waals surface area contributed by atoms with Crippen molar-refractivity contribution < 1.29 is 14.3 Å².